The third-order valence-corrected chi connectivity index (χ3v) is 7.94. The van der Waals surface area contributed by atoms with Gasteiger partial charge in [-0.15, -0.1) is 0 Å². The molecule has 0 N–H and O–H groups in total. The lowest BCUT2D eigenvalue weighted by Crippen LogP contribution is -2.32. The monoisotopic (exact) mass is 512 g/mol. The first-order valence-corrected chi connectivity index (χ1v) is 13.7. The molecule has 0 fully saturated rings. The Morgan fingerprint density at radius 3 is 1.38 bits per heavy atom. The van der Waals surface area contributed by atoms with Gasteiger partial charge in [-0.1, -0.05) is 80.8 Å². The van der Waals surface area contributed by atoms with Gasteiger partial charge in [-0.2, -0.15) is 0 Å². The number of hydrogen-bond acceptors (Lipinski definition) is 4. The third-order valence-electron chi connectivity index (χ3n) is 7.54. The summed E-state index contributed by atoms with van der Waals surface area (Å²) in [6.45, 7) is 14.9. The second kappa shape index (κ2) is 10.3. The van der Waals surface area contributed by atoms with Gasteiger partial charge in [0, 0.05) is 35.6 Å². The van der Waals surface area contributed by atoms with Crippen molar-refractivity contribution in [2.24, 2.45) is 21.8 Å². The van der Waals surface area contributed by atoms with Crippen molar-refractivity contribution >= 4 is 34.6 Å². The molecule has 2 heterocycles. The molecule has 0 aliphatic carbocycles. The summed E-state index contributed by atoms with van der Waals surface area (Å²) in [5.74, 6) is 2.76. The van der Waals surface area contributed by atoms with Crippen molar-refractivity contribution in [1.82, 2.24) is 0 Å². The molecule has 0 amide bonds. The maximum absolute atomic E-state index is 7.26. The molecule has 4 nitrogen and oxygen atoms in total. The number of rotatable bonds is 6. The van der Waals surface area contributed by atoms with Crippen molar-refractivity contribution < 1.29 is 0 Å². The highest BCUT2D eigenvalue weighted by Gasteiger charge is 2.34. The van der Waals surface area contributed by atoms with E-state index in [1.165, 1.54) is 11.1 Å². The van der Waals surface area contributed by atoms with Gasteiger partial charge >= 0.3 is 0 Å². The summed E-state index contributed by atoms with van der Waals surface area (Å²) in [6.07, 6.45) is 0. The van der Waals surface area contributed by atoms with E-state index >= 15 is 0 Å². The number of amidine groups is 2. The minimum Gasteiger partial charge on any atom is -0.324 e. The van der Waals surface area contributed by atoms with Crippen molar-refractivity contribution in [1.29, 1.82) is 0 Å². The number of hydrogen-bond donors (Lipinski definition) is 0. The van der Waals surface area contributed by atoms with Crippen LogP contribution in [0.2, 0.25) is 5.02 Å². The van der Waals surface area contributed by atoms with Gasteiger partial charge in [0.05, 0.1) is 17.1 Å². The molecule has 3 aromatic rings. The van der Waals surface area contributed by atoms with Crippen LogP contribution in [0.3, 0.4) is 0 Å². The van der Waals surface area contributed by atoms with Crippen LogP contribution in [0.5, 0.6) is 0 Å². The molecule has 0 spiro atoms. The molecule has 0 aromatic heterocycles. The van der Waals surface area contributed by atoms with Crippen LogP contribution in [-0.4, -0.2) is 36.8 Å². The quantitative estimate of drug-likeness (QED) is 0.341. The van der Waals surface area contributed by atoms with Gasteiger partial charge in [-0.05, 0) is 62.1 Å². The van der Waals surface area contributed by atoms with Crippen molar-refractivity contribution in [2.75, 3.05) is 22.9 Å². The maximum Gasteiger partial charge on any atom is 0.137 e. The maximum atomic E-state index is 7.26. The van der Waals surface area contributed by atoms with Crippen molar-refractivity contribution in [3.63, 3.8) is 0 Å². The van der Waals surface area contributed by atoms with Crippen molar-refractivity contribution in [3.05, 3.63) is 94.0 Å². The Balaban J connectivity index is 1.59. The lowest BCUT2D eigenvalue weighted by Gasteiger charge is -2.25. The van der Waals surface area contributed by atoms with E-state index < -0.39 is 0 Å². The first-order valence-electron chi connectivity index (χ1n) is 13.4. The van der Waals surface area contributed by atoms with Crippen LogP contribution in [0.4, 0.5) is 11.4 Å². The summed E-state index contributed by atoms with van der Waals surface area (Å²) < 4.78 is 0. The fourth-order valence-corrected chi connectivity index (χ4v) is 5.31. The van der Waals surface area contributed by atoms with Crippen LogP contribution < -0.4 is 9.80 Å². The zero-order chi connectivity index (χ0) is 26.3. The minimum absolute atomic E-state index is 0.217. The molecule has 5 rings (SSSR count). The SMILES string of the molecule is Cc1ccc(N2C[C@H](C(C)C)N=C2c2cccc(C3=N[C@@H](C(C)C)CN3c3ccc(C)cc3)c2Cl)cc1. The number of halogens is 1. The Morgan fingerprint density at radius 1 is 0.649 bits per heavy atom. The third kappa shape index (κ3) is 5.04. The van der Waals surface area contributed by atoms with Crippen LogP contribution in [-0.2, 0) is 0 Å². The lowest BCUT2D eigenvalue weighted by molar-refractivity contribution is 0.521. The molecule has 0 unspecified atom stereocenters. The van der Waals surface area contributed by atoms with Gasteiger partial charge in [0.1, 0.15) is 11.7 Å². The standard InChI is InChI=1S/C32H37ClN4/c1-20(2)28-18-36(24-14-10-22(5)11-15-24)31(34-28)26-8-7-9-27(30(26)33)32-35-29(21(3)4)19-37(32)25-16-12-23(6)13-17-25/h7-17,20-21,28-29H,18-19H2,1-6H3/t28-,29-/m1/s1. The summed E-state index contributed by atoms with van der Waals surface area (Å²) in [5.41, 5.74) is 6.71. The fraction of sp³-hybridized carbons (Fsp3) is 0.375. The second-order valence-electron chi connectivity index (χ2n) is 11.1. The molecular formula is C32H37ClN4. The molecule has 5 heteroatoms. The molecule has 0 saturated carbocycles. The van der Waals surface area contributed by atoms with Gasteiger partial charge in [0.2, 0.25) is 0 Å². The van der Waals surface area contributed by atoms with E-state index in [2.05, 4.69) is 118 Å². The van der Waals surface area contributed by atoms with Crippen LogP contribution in [0.1, 0.15) is 49.9 Å². The molecule has 2 aliphatic rings. The fourth-order valence-electron chi connectivity index (χ4n) is 5.01. The van der Waals surface area contributed by atoms with Gasteiger partial charge in [0.15, 0.2) is 0 Å². The molecule has 0 radical (unpaired) electrons. The predicted octanol–water partition coefficient (Wildman–Crippen LogP) is 7.54. The molecule has 0 saturated heterocycles. The summed E-state index contributed by atoms with van der Waals surface area (Å²) in [6, 6.07) is 24.1. The first kappa shape index (κ1) is 25.5. The van der Waals surface area contributed by atoms with Crippen LogP contribution in [0.15, 0.2) is 76.7 Å². The molecule has 0 bridgehead atoms. The Morgan fingerprint density at radius 2 is 1.03 bits per heavy atom. The van der Waals surface area contributed by atoms with E-state index in [-0.39, 0.29) is 12.1 Å². The van der Waals surface area contributed by atoms with E-state index in [1.807, 2.05) is 0 Å². The molecule has 2 aliphatic heterocycles. The highest BCUT2D eigenvalue weighted by Crippen LogP contribution is 2.34. The normalized spacial score (nSPS) is 19.7. The lowest BCUT2D eigenvalue weighted by atomic mass is 10.1. The summed E-state index contributed by atoms with van der Waals surface area (Å²) in [4.78, 5) is 15.0. The van der Waals surface area contributed by atoms with E-state index in [1.54, 1.807) is 0 Å². The van der Waals surface area contributed by atoms with E-state index in [0.717, 1.165) is 47.3 Å². The van der Waals surface area contributed by atoms with E-state index in [4.69, 9.17) is 21.6 Å². The molecule has 37 heavy (non-hydrogen) atoms. The summed E-state index contributed by atoms with van der Waals surface area (Å²) in [5, 5.41) is 0.711. The van der Waals surface area contributed by atoms with E-state index in [0.29, 0.717) is 16.9 Å². The molecule has 3 aromatic carbocycles. The highest BCUT2D eigenvalue weighted by molar-refractivity contribution is 6.39. The number of benzene rings is 3. The molecular weight excluding hydrogens is 476 g/mol. The highest BCUT2D eigenvalue weighted by atomic mass is 35.5. The predicted molar refractivity (Wildman–Crippen MR) is 159 cm³/mol. The van der Waals surface area contributed by atoms with Crippen molar-refractivity contribution in [3.8, 4) is 0 Å². The number of aliphatic imine (C=N–C) groups is 2. The number of aryl methyl sites for hydroxylation is 2. The zero-order valence-corrected chi connectivity index (χ0v) is 23.5. The van der Waals surface area contributed by atoms with Gasteiger partial charge in [-0.3, -0.25) is 9.98 Å². The molecule has 2 atom stereocenters. The topological polar surface area (TPSA) is 31.2 Å². The van der Waals surface area contributed by atoms with Gasteiger partial charge in [0.25, 0.3) is 0 Å². The summed E-state index contributed by atoms with van der Waals surface area (Å²) in [7, 11) is 0. The largest absolute Gasteiger partial charge is 0.324 e. The Labute approximate surface area is 226 Å². The Bertz CT molecular complexity index is 1220. The average Bonchev–Trinajstić information content (AvgIpc) is 3.51. The van der Waals surface area contributed by atoms with Gasteiger partial charge < -0.3 is 9.80 Å². The average molecular weight is 513 g/mol. The Hall–Kier alpha value is -3.11. The minimum atomic E-state index is 0.217. The Kier molecular flexibility index (Phi) is 7.13. The van der Waals surface area contributed by atoms with Gasteiger partial charge in [-0.25, -0.2) is 0 Å². The van der Waals surface area contributed by atoms with Crippen LogP contribution >= 0.6 is 11.6 Å². The summed E-state index contributed by atoms with van der Waals surface area (Å²) >= 11 is 7.26. The van der Waals surface area contributed by atoms with E-state index in [9.17, 15) is 0 Å². The smallest absolute Gasteiger partial charge is 0.137 e. The second-order valence-corrected chi connectivity index (χ2v) is 11.5. The first-order chi connectivity index (χ1) is 17.7. The van der Waals surface area contributed by atoms with Crippen LogP contribution in [0.25, 0.3) is 0 Å². The number of nitrogens with zero attached hydrogens (tertiary/aromatic N) is 4. The zero-order valence-electron chi connectivity index (χ0n) is 22.7. The van der Waals surface area contributed by atoms with Crippen molar-refractivity contribution in [2.45, 2.75) is 53.6 Å². The molecule has 192 valence electrons. The number of anilines is 2. The van der Waals surface area contributed by atoms with Crippen LogP contribution in [0, 0.1) is 25.7 Å².